The fourth-order valence-corrected chi connectivity index (χ4v) is 5.85. The number of hydrogen-bond donors (Lipinski definition) is 3. The maximum absolute atomic E-state index is 13.0. The third kappa shape index (κ3) is 4.10. The molecule has 0 aromatic heterocycles. The number of aromatic carboxylic acids is 1. The predicted molar refractivity (Wildman–Crippen MR) is 128 cm³/mol. The molecule has 2 aliphatic rings. The maximum Gasteiger partial charge on any atom is 0.335 e. The first-order chi connectivity index (χ1) is 15.8. The summed E-state index contributed by atoms with van der Waals surface area (Å²) >= 11 is 6.06. The van der Waals surface area contributed by atoms with Crippen LogP contribution in [0.15, 0.2) is 83.8 Å². The number of benzene rings is 3. The van der Waals surface area contributed by atoms with E-state index in [1.165, 1.54) is 24.3 Å². The van der Waals surface area contributed by atoms with Crippen LogP contribution in [0.4, 0.5) is 11.4 Å². The van der Waals surface area contributed by atoms with E-state index in [2.05, 4.69) is 22.2 Å². The van der Waals surface area contributed by atoms with Crippen LogP contribution >= 0.6 is 11.6 Å². The number of sulfonamides is 1. The summed E-state index contributed by atoms with van der Waals surface area (Å²) in [7, 11) is -3.84. The second-order valence-corrected chi connectivity index (χ2v) is 10.4. The zero-order valence-corrected chi connectivity index (χ0v) is 19.0. The van der Waals surface area contributed by atoms with Crippen LogP contribution in [-0.2, 0) is 10.0 Å². The molecule has 3 N–H and O–H groups in total. The van der Waals surface area contributed by atoms with Crippen molar-refractivity contribution >= 4 is 39.0 Å². The van der Waals surface area contributed by atoms with Crippen LogP contribution in [0.3, 0.4) is 0 Å². The van der Waals surface area contributed by atoms with E-state index < -0.39 is 16.0 Å². The van der Waals surface area contributed by atoms with Gasteiger partial charge in [0.2, 0.25) is 0 Å². The van der Waals surface area contributed by atoms with Gasteiger partial charge in [-0.25, -0.2) is 13.2 Å². The zero-order valence-electron chi connectivity index (χ0n) is 17.4. The van der Waals surface area contributed by atoms with E-state index in [0.29, 0.717) is 10.7 Å². The molecule has 168 valence electrons. The summed E-state index contributed by atoms with van der Waals surface area (Å²) in [5, 5.41) is 13.3. The number of allylic oxidation sites excluding steroid dienone is 2. The quantitative estimate of drug-likeness (QED) is 0.409. The summed E-state index contributed by atoms with van der Waals surface area (Å²) < 4.78 is 28.6. The summed E-state index contributed by atoms with van der Waals surface area (Å²) in [6.45, 7) is 0. The van der Waals surface area contributed by atoms with Crippen molar-refractivity contribution in [2.75, 3.05) is 10.0 Å². The van der Waals surface area contributed by atoms with Crippen LogP contribution < -0.4 is 10.0 Å². The molecule has 1 aliphatic heterocycles. The highest BCUT2D eigenvalue weighted by atomic mass is 35.5. The molecular weight excluding hydrogens is 460 g/mol. The van der Waals surface area contributed by atoms with Crippen LogP contribution in [0, 0.1) is 5.92 Å². The molecule has 6 nitrogen and oxygen atoms in total. The number of halogens is 1. The molecule has 0 saturated heterocycles. The smallest absolute Gasteiger partial charge is 0.335 e. The predicted octanol–water partition coefficient (Wildman–Crippen LogP) is 5.67. The minimum absolute atomic E-state index is 0.0899. The van der Waals surface area contributed by atoms with E-state index in [4.69, 9.17) is 16.7 Å². The van der Waals surface area contributed by atoms with Gasteiger partial charge in [-0.05, 0) is 78.1 Å². The van der Waals surface area contributed by atoms with Crippen LogP contribution in [0.5, 0.6) is 0 Å². The normalized spacial score (nSPS) is 21.1. The van der Waals surface area contributed by atoms with Gasteiger partial charge < -0.3 is 10.4 Å². The Balaban J connectivity index is 1.45. The minimum Gasteiger partial charge on any atom is -0.478 e. The lowest BCUT2D eigenvalue weighted by atomic mass is 9.77. The van der Waals surface area contributed by atoms with Crippen molar-refractivity contribution in [3.63, 3.8) is 0 Å². The summed E-state index contributed by atoms with van der Waals surface area (Å²) in [5.41, 5.74) is 3.40. The highest BCUT2D eigenvalue weighted by Crippen LogP contribution is 2.50. The van der Waals surface area contributed by atoms with E-state index in [1.54, 1.807) is 12.1 Å². The molecule has 0 bridgehead atoms. The number of carboxylic acid groups (broad SMARTS) is 1. The lowest BCUT2D eigenvalue weighted by Gasteiger charge is -2.37. The van der Waals surface area contributed by atoms with Gasteiger partial charge in [0.15, 0.2) is 0 Å². The molecule has 5 rings (SSSR count). The first kappa shape index (κ1) is 21.6. The van der Waals surface area contributed by atoms with Gasteiger partial charge in [-0.1, -0.05) is 35.9 Å². The minimum atomic E-state index is -3.84. The highest BCUT2D eigenvalue weighted by Gasteiger charge is 2.38. The van der Waals surface area contributed by atoms with Gasteiger partial charge in [-0.3, -0.25) is 4.72 Å². The molecule has 1 aliphatic carbocycles. The molecule has 3 aromatic rings. The summed E-state index contributed by atoms with van der Waals surface area (Å²) in [6.07, 6.45) is 5.20. The molecule has 0 amide bonds. The molecule has 3 atom stereocenters. The van der Waals surface area contributed by atoms with Gasteiger partial charge in [0, 0.05) is 22.3 Å². The zero-order chi connectivity index (χ0) is 23.2. The van der Waals surface area contributed by atoms with Crippen LogP contribution in [0.2, 0.25) is 5.02 Å². The van der Waals surface area contributed by atoms with Crippen molar-refractivity contribution in [3.8, 4) is 0 Å². The Kier molecular flexibility index (Phi) is 5.38. The van der Waals surface area contributed by atoms with Gasteiger partial charge >= 0.3 is 5.97 Å². The largest absolute Gasteiger partial charge is 0.478 e. The molecule has 33 heavy (non-hydrogen) atoms. The molecule has 0 fully saturated rings. The maximum atomic E-state index is 13.0. The number of rotatable bonds is 5. The fourth-order valence-electron chi connectivity index (χ4n) is 4.63. The van der Waals surface area contributed by atoms with Crippen LogP contribution in [0.1, 0.15) is 39.9 Å². The molecule has 0 radical (unpaired) electrons. The SMILES string of the molecule is O=C(O)c1ccc(NS(=O)(=O)c2ccc3c(c2)C2C=CCC2C(c2ccc(Cl)cc2)N3)cc1. The monoisotopic (exact) mass is 480 g/mol. The lowest BCUT2D eigenvalue weighted by molar-refractivity contribution is 0.0697. The topological polar surface area (TPSA) is 95.5 Å². The second-order valence-electron chi connectivity index (χ2n) is 8.26. The average molecular weight is 481 g/mol. The number of fused-ring (bicyclic) bond motifs is 3. The number of carbonyl (C=O) groups is 1. The summed E-state index contributed by atoms with van der Waals surface area (Å²) in [6, 6.07) is 18.6. The van der Waals surface area contributed by atoms with Crippen molar-refractivity contribution in [1.82, 2.24) is 0 Å². The molecule has 0 saturated carbocycles. The first-order valence-corrected chi connectivity index (χ1v) is 12.4. The molecular formula is C25H21ClN2O4S. The standard InChI is InChI=1S/C25H21ClN2O4S/c26-17-8-4-15(5-9-17)24-21-3-1-2-20(21)22-14-19(12-13-23(22)27-24)33(31,32)28-18-10-6-16(7-11-18)25(29)30/h1-2,4-14,20-21,24,27-28H,3H2,(H,29,30). The van der Waals surface area contributed by atoms with Gasteiger partial charge in [-0.15, -0.1) is 0 Å². The van der Waals surface area contributed by atoms with Gasteiger partial charge in [0.25, 0.3) is 10.0 Å². The van der Waals surface area contributed by atoms with Crippen molar-refractivity contribution in [3.05, 3.63) is 101 Å². The van der Waals surface area contributed by atoms with E-state index in [9.17, 15) is 13.2 Å². The third-order valence-electron chi connectivity index (χ3n) is 6.26. The van der Waals surface area contributed by atoms with E-state index >= 15 is 0 Å². The number of hydrogen-bond acceptors (Lipinski definition) is 4. The molecule has 3 aromatic carbocycles. The summed E-state index contributed by atoms with van der Waals surface area (Å²) in [5.74, 6) is -0.692. The Hall–Kier alpha value is -3.29. The third-order valence-corrected chi connectivity index (χ3v) is 7.89. The van der Waals surface area contributed by atoms with E-state index in [-0.39, 0.29) is 28.3 Å². The van der Waals surface area contributed by atoms with Crippen molar-refractivity contribution < 1.29 is 18.3 Å². The van der Waals surface area contributed by atoms with Crippen LogP contribution in [-0.4, -0.2) is 19.5 Å². The Labute approximate surface area is 197 Å². The lowest BCUT2D eigenvalue weighted by Crippen LogP contribution is -2.29. The molecule has 3 unspecified atom stereocenters. The highest BCUT2D eigenvalue weighted by molar-refractivity contribution is 7.92. The fraction of sp³-hybridized carbons (Fsp3) is 0.160. The Morgan fingerprint density at radius 1 is 1.03 bits per heavy atom. The van der Waals surface area contributed by atoms with Gasteiger partial charge in [-0.2, -0.15) is 0 Å². The molecule has 0 spiro atoms. The van der Waals surface area contributed by atoms with E-state index in [1.807, 2.05) is 30.3 Å². The number of nitrogens with one attached hydrogen (secondary N) is 2. The van der Waals surface area contributed by atoms with Gasteiger partial charge in [0.1, 0.15) is 0 Å². The van der Waals surface area contributed by atoms with Gasteiger partial charge in [0.05, 0.1) is 16.5 Å². The average Bonchev–Trinajstić information content (AvgIpc) is 3.29. The Morgan fingerprint density at radius 3 is 2.45 bits per heavy atom. The summed E-state index contributed by atoms with van der Waals surface area (Å²) in [4.78, 5) is 11.2. The number of carboxylic acids is 1. The molecule has 1 heterocycles. The van der Waals surface area contributed by atoms with Crippen molar-refractivity contribution in [2.45, 2.75) is 23.3 Å². The van der Waals surface area contributed by atoms with Crippen molar-refractivity contribution in [2.24, 2.45) is 5.92 Å². The molecule has 8 heteroatoms. The Morgan fingerprint density at radius 2 is 1.76 bits per heavy atom. The van der Waals surface area contributed by atoms with E-state index in [0.717, 1.165) is 23.2 Å². The van der Waals surface area contributed by atoms with Crippen molar-refractivity contribution in [1.29, 1.82) is 0 Å². The van der Waals surface area contributed by atoms with Crippen LogP contribution in [0.25, 0.3) is 0 Å². The Bertz CT molecular complexity index is 1350. The first-order valence-electron chi connectivity index (χ1n) is 10.5. The number of anilines is 2. The second kappa shape index (κ2) is 8.24.